The van der Waals surface area contributed by atoms with Gasteiger partial charge in [-0.3, -0.25) is 9.59 Å². The molecule has 0 fully saturated rings. The van der Waals surface area contributed by atoms with E-state index in [1.165, 1.54) is 11.0 Å². The van der Waals surface area contributed by atoms with Crippen LogP contribution < -0.4 is 10.3 Å². The number of phenols is 1. The fourth-order valence-corrected chi connectivity index (χ4v) is 2.93. The van der Waals surface area contributed by atoms with Gasteiger partial charge in [0.25, 0.3) is 5.91 Å². The van der Waals surface area contributed by atoms with Gasteiger partial charge in [-0.25, -0.2) is 0 Å². The minimum absolute atomic E-state index is 0.128. The molecule has 6 heteroatoms. The Hall–Kier alpha value is -2.76. The molecule has 3 rings (SSSR count). The van der Waals surface area contributed by atoms with Crippen molar-refractivity contribution < 1.29 is 14.6 Å². The van der Waals surface area contributed by atoms with Gasteiger partial charge in [0.15, 0.2) is 11.5 Å². The number of H-pyrrole nitrogens is 1. The zero-order valence-corrected chi connectivity index (χ0v) is 13.9. The fraction of sp³-hybridized carbons (Fsp3) is 0.333. The molecular formula is C18H20N2O4. The van der Waals surface area contributed by atoms with E-state index in [-0.39, 0.29) is 29.3 Å². The molecular weight excluding hydrogens is 308 g/mol. The highest BCUT2D eigenvalue weighted by atomic mass is 16.5. The molecule has 1 aliphatic heterocycles. The van der Waals surface area contributed by atoms with Crippen LogP contribution in [0.3, 0.4) is 0 Å². The quantitative estimate of drug-likeness (QED) is 0.903. The predicted molar refractivity (Wildman–Crippen MR) is 89.4 cm³/mol. The highest BCUT2D eigenvalue weighted by Gasteiger charge is 2.34. The van der Waals surface area contributed by atoms with E-state index in [0.717, 1.165) is 5.56 Å². The van der Waals surface area contributed by atoms with Gasteiger partial charge >= 0.3 is 0 Å². The first-order chi connectivity index (χ1) is 11.3. The third-order valence-electron chi connectivity index (χ3n) is 4.02. The molecule has 0 atom stereocenters. The van der Waals surface area contributed by atoms with Crippen LogP contribution in [0.1, 0.15) is 35.5 Å². The monoisotopic (exact) mass is 328 g/mol. The van der Waals surface area contributed by atoms with E-state index in [0.29, 0.717) is 17.9 Å². The number of ether oxygens (including phenoxy) is 1. The lowest BCUT2D eigenvalue weighted by atomic mass is 10.00. The smallest absolute Gasteiger partial charge is 0.257 e. The maximum absolute atomic E-state index is 12.6. The highest BCUT2D eigenvalue weighted by molar-refractivity contribution is 5.97. The number of pyridine rings is 1. The SMILES string of the molecule is CN(Cc1cccc(=O)[nH]1)C(=O)c1ccc2c(c1O)OC(C)(C)C2. The molecule has 1 aliphatic rings. The molecule has 1 amide bonds. The Morgan fingerprint density at radius 2 is 2.08 bits per heavy atom. The number of hydrogen-bond donors (Lipinski definition) is 2. The van der Waals surface area contributed by atoms with Crippen molar-refractivity contribution >= 4 is 5.91 Å². The van der Waals surface area contributed by atoms with Crippen molar-refractivity contribution in [1.29, 1.82) is 0 Å². The molecule has 2 aromatic rings. The number of fused-ring (bicyclic) bond motifs is 1. The molecule has 0 radical (unpaired) electrons. The molecule has 0 saturated heterocycles. The average molecular weight is 328 g/mol. The molecule has 0 saturated carbocycles. The van der Waals surface area contributed by atoms with E-state index < -0.39 is 5.60 Å². The van der Waals surface area contributed by atoms with Gasteiger partial charge in [0.1, 0.15) is 5.60 Å². The molecule has 0 bridgehead atoms. The van der Waals surface area contributed by atoms with E-state index in [4.69, 9.17) is 4.74 Å². The van der Waals surface area contributed by atoms with Crippen LogP contribution in [-0.2, 0) is 13.0 Å². The van der Waals surface area contributed by atoms with Crippen LogP contribution in [0.25, 0.3) is 0 Å². The molecule has 1 aromatic carbocycles. The van der Waals surface area contributed by atoms with Crippen LogP contribution in [0.4, 0.5) is 0 Å². The largest absolute Gasteiger partial charge is 0.504 e. The van der Waals surface area contributed by atoms with E-state index in [9.17, 15) is 14.7 Å². The molecule has 1 aromatic heterocycles. The van der Waals surface area contributed by atoms with Gasteiger partial charge in [0, 0.05) is 30.8 Å². The van der Waals surface area contributed by atoms with Crippen molar-refractivity contribution in [3.63, 3.8) is 0 Å². The number of amides is 1. The predicted octanol–water partition coefficient (Wildman–Crippen LogP) is 2.07. The van der Waals surface area contributed by atoms with Crippen LogP contribution in [0.2, 0.25) is 0 Å². The molecule has 0 spiro atoms. The molecule has 6 nitrogen and oxygen atoms in total. The number of rotatable bonds is 3. The van der Waals surface area contributed by atoms with E-state index >= 15 is 0 Å². The second-order valence-corrected chi connectivity index (χ2v) is 6.69. The van der Waals surface area contributed by atoms with Crippen LogP contribution in [0.15, 0.2) is 35.1 Å². The minimum atomic E-state index is -0.392. The number of benzene rings is 1. The summed E-state index contributed by atoms with van der Waals surface area (Å²) in [6.45, 7) is 4.11. The van der Waals surface area contributed by atoms with Gasteiger partial charge in [-0.1, -0.05) is 12.1 Å². The summed E-state index contributed by atoms with van der Waals surface area (Å²) in [5, 5.41) is 10.4. The fourth-order valence-electron chi connectivity index (χ4n) is 2.93. The Morgan fingerprint density at radius 1 is 1.33 bits per heavy atom. The second kappa shape index (κ2) is 5.70. The number of carbonyl (C=O) groups is 1. The number of aromatic hydroxyl groups is 1. The third kappa shape index (κ3) is 2.99. The number of aromatic nitrogens is 1. The summed E-state index contributed by atoms with van der Waals surface area (Å²) in [4.78, 5) is 28.1. The Kier molecular flexibility index (Phi) is 3.83. The lowest BCUT2D eigenvalue weighted by Crippen LogP contribution is -2.27. The van der Waals surface area contributed by atoms with Crippen molar-refractivity contribution in [2.24, 2.45) is 0 Å². The van der Waals surface area contributed by atoms with Gasteiger partial charge < -0.3 is 19.7 Å². The molecule has 0 aliphatic carbocycles. The zero-order chi connectivity index (χ0) is 17.5. The van der Waals surface area contributed by atoms with Gasteiger partial charge in [-0.2, -0.15) is 0 Å². The van der Waals surface area contributed by atoms with Crippen molar-refractivity contribution in [2.45, 2.75) is 32.4 Å². The zero-order valence-electron chi connectivity index (χ0n) is 13.9. The number of nitrogens with zero attached hydrogens (tertiary/aromatic N) is 1. The summed E-state index contributed by atoms with van der Waals surface area (Å²) in [5.41, 5.74) is 1.09. The summed E-state index contributed by atoms with van der Waals surface area (Å²) in [7, 11) is 1.62. The van der Waals surface area contributed by atoms with Crippen LogP contribution >= 0.6 is 0 Å². The summed E-state index contributed by atoms with van der Waals surface area (Å²) in [6, 6.07) is 8.21. The van der Waals surface area contributed by atoms with E-state index in [1.54, 1.807) is 25.2 Å². The highest BCUT2D eigenvalue weighted by Crippen LogP contribution is 2.43. The molecule has 24 heavy (non-hydrogen) atoms. The van der Waals surface area contributed by atoms with Gasteiger partial charge in [-0.05, 0) is 26.0 Å². The van der Waals surface area contributed by atoms with E-state index in [2.05, 4.69) is 4.98 Å². The Morgan fingerprint density at radius 3 is 2.79 bits per heavy atom. The number of aromatic amines is 1. The topological polar surface area (TPSA) is 82.6 Å². The van der Waals surface area contributed by atoms with Gasteiger partial charge in [0.05, 0.1) is 12.1 Å². The van der Waals surface area contributed by atoms with Gasteiger partial charge in [0.2, 0.25) is 5.56 Å². The van der Waals surface area contributed by atoms with Gasteiger partial charge in [-0.15, -0.1) is 0 Å². The van der Waals surface area contributed by atoms with E-state index in [1.807, 2.05) is 19.9 Å². The first-order valence-corrected chi connectivity index (χ1v) is 7.74. The summed E-state index contributed by atoms with van der Waals surface area (Å²) < 4.78 is 5.76. The standard InChI is InChI=1S/C18H20N2O4/c1-18(2)9-11-7-8-13(15(22)16(11)24-18)17(23)20(3)10-12-5-4-6-14(21)19-12/h4-8,22H,9-10H2,1-3H3,(H,19,21). The van der Waals surface area contributed by atoms with Crippen molar-refractivity contribution in [3.05, 3.63) is 57.5 Å². The first-order valence-electron chi connectivity index (χ1n) is 7.74. The molecule has 2 heterocycles. The molecule has 2 N–H and O–H groups in total. The third-order valence-corrected chi connectivity index (χ3v) is 4.02. The van der Waals surface area contributed by atoms with Crippen molar-refractivity contribution in [3.8, 4) is 11.5 Å². The lowest BCUT2D eigenvalue weighted by Gasteiger charge is -2.19. The number of hydrogen-bond acceptors (Lipinski definition) is 4. The van der Waals surface area contributed by atoms with Crippen LogP contribution in [0, 0.1) is 0 Å². The summed E-state index contributed by atoms with van der Waals surface area (Å²) in [5.74, 6) is -0.0860. The normalized spacial score (nSPS) is 14.8. The number of carbonyl (C=O) groups excluding carboxylic acids is 1. The lowest BCUT2D eigenvalue weighted by molar-refractivity contribution is 0.0777. The minimum Gasteiger partial charge on any atom is -0.504 e. The molecule has 0 unspecified atom stereocenters. The number of phenolic OH excluding ortho intramolecular Hbond substituents is 1. The Bertz CT molecular complexity index is 854. The number of nitrogens with one attached hydrogen (secondary N) is 1. The van der Waals surface area contributed by atoms with Crippen molar-refractivity contribution in [1.82, 2.24) is 9.88 Å². The second-order valence-electron chi connectivity index (χ2n) is 6.69. The summed E-state index contributed by atoms with van der Waals surface area (Å²) >= 11 is 0. The van der Waals surface area contributed by atoms with Crippen molar-refractivity contribution in [2.75, 3.05) is 7.05 Å². The summed E-state index contributed by atoms with van der Waals surface area (Å²) in [6.07, 6.45) is 0.686. The Labute approximate surface area is 139 Å². The Balaban J connectivity index is 1.84. The van der Waals surface area contributed by atoms with Crippen LogP contribution in [-0.4, -0.2) is 33.5 Å². The maximum atomic E-state index is 12.6. The molecule has 126 valence electrons. The maximum Gasteiger partial charge on any atom is 0.257 e. The van der Waals surface area contributed by atoms with Crippen LogP contribution in [0.5, 0.6) is 11.5 Å². The average Bonchev–Trinajstić information content (AvgIpc) is 2.82. The first kappa shape index (κ1) is 16.1.